The van der Waals surface area contributed by atoms with Crippen LogP contribution in [0.1, 0.15) is 23.4 Å². The van der Waals surface area contributed by atoms with Crippen LogP contribution in [0.15, 0.2) is 76.0 Å². The van der Waals surface area contributed by atoms with E-state index in [0.29, 0.717) is 22.3 Å². The summed E-state index contributed by atoms with van der Waals surface area (Å²) in [5.41, 5.74) is 0.819. The Hall–Kier alpha value is -2.34. The molecule has 2 atom stereocenters. The van der Waals surface area contributed by atoms with Gasteiger partial charge in [-0.05, 0) is 13.1 Å². The van der Waals surface area contributed by atoms with Crippen molar-refractivity contribution < 1.29 is 17.6 Å². The van der Waals surface area contributed by atoms with Gasteiger partial charge in [0.2, 0.25) is 0 Å². The molecule has 0 radical (unpaired) electrons. The van der Waals surface area contributed by atoms with E-state index < -0.39 is 22.7 Å². The van der Waals surface area contributed by atoms with Gasteiger partial charge in [-0.3, -0.25) is 0 Å². The number of amides is 1. The van der Waals surface area contributed by atoms with Crippen LogP contribution in [0.25, 0.3) is 11.3 Å². The van der Waals surface area contributed by atoms with E-state index in [-0.39, 0.29) is 11.9 Å². The summed E-state index contributed by atoms with van der Waals surface area (Å²) in [6, 6.07) is 19.6. The monoisotopic (exact) mass is 512 g/mol. The number of piperidine rings is 3. The van der Waals surface area contributed by atoms with Gasteiger partial charge in [0, 0.05) is 0 Å². The maximum atomic E-state index is 12.7. The predicted molar refractivity (Wildman–Crippen MR) is 125 cm³/mol. The van der Waals surface area contributed by atoms with Crippen LogP contribution in [-0.2, 0) is 8.10 Å². The van der Waals surface area contributed by atoms with E-state index in [2.05, 4.69) is 10.2 Å². The van der Waals surface area contributed by atoms with Crippen molar-refractivity contribution >= 4 is 33.0 Å². The Morgan fingerprint density at radius 1 is 0.969 bits per heavy atom. The molecule has 6 rings (SSSR count). The molecule has 1 amide bonds. The van der Waals surface area contributed by atoms with Gasteiger partial charge in [-0.2, -0.15) is 0 Å². The third kappa shape index (κ3) is 4.56. The van der Waals surface area contributed by atoms with E-state index in [4.69, 9.17) is 4.42 Å². The summed E-state index contributed by atoms with van der Waals surface area (Å²) in [4.78, 5) is 15.5. The summed E-state index contributed by atoms with van der Waals surface area (Å²) in [5.74, 6) is 1.29. The molecule has 0 aliphatic carbocycles. The van der Waals surface area contributed by atoms with E-state index in [1.54, 1.807) is 36.4 Å². The molecule has 3 aliphatic rings. The molecule has 32 heavy (non-hydrogen) atoms. The quantitative estimate of drug-likeness (QED) is 0.513. The van der Waals surface area contributed by atoms with Crippen LogP contribution in [0.5, 0.6) is 0 Å². The molecule has 3 saturated heterocycles. The molecule has 3 aromatic rings. The Morgan fingerprint density at radius 3 is 2.34 bits per heavy atom. The minimum absolute atomic E-state index is 0.174. The summed E-state index contributed by atoms with van der Waals surface area (Å²) < 4.78 is 31.9. The molecule has 1 N–H and O–H groups in total. The molecule has 3 fully saturated rings. The van der Waals surface area contributed by atoms with Crippen molar-refractivity contribution in [2.45, 2.75) is 23.8 Å². The van der Waals surface area contributed by atoms with Crippen LogP contribution in [0.2, 0.25) is 0 Å². The van der Waals surface area contributed by atoms with Crippen LogP contribution < -0.4 is 9.67 Å². The Kier molecular flexibility index (Phi) is 5.97. The zero-order valence-corrected chi connectivity index (χ0v) is 20.4. The zero-order chi connectivity index (χ0) is 22.1. The van der Waals surface area contributed by atoms with E-state index in [1.165, 1.54) is 0 Å². The van der Waals surface area contributed by atoms with E-state index in [9.17, 15) is 13.2 Å². The second kappa shape index (κ2) is 8.89. The summed E-state index contributed by atoms with van der Waals surface area (Å²) in [5, 5.41) is 3.15. The fraction of sp³-hybridized carbons (Fsp3) is 0.292. The molecule has 1 unspecified atom stereocenters. The molecule has 0 saturated carbocycles. The molecule has 6 nitrogen and oxygen atoms in total. The van der Waals surface area contributed by atoms with Gasteiger partial charge in [-0.15, -0.1) is 0 Å². The molecule has 3 aliphatic heterocycles. The SMILES string of the molecule is O=C(N[C@H]1CN2CCC1CC2)c1ccc(-c2ccc([AsH]S(=O)(=O)c3ccccc3)cc2)o1. The Bertz CT molecular complexity index is 1200. The number of nitrogens with one attached hydrogen (secondary N) is 1. The molecule has 2 aromatic carbocycles. The van der Waals surface area contributed by atoms with Gasteiger partial charge in [0.25, 0.3) is 0 Å². The van der Waals surface area contributed by atoms with Crippen LogP contribution in [-0.4, -0.2) is 59.5 Å². The number of hydrogen-bond donors (Lipinski definition) is 1. The normalized spacial score (nSPS) is 22.9. The fourth-order valence-electron chi connectivity index (χ4n) is 4.50. The Balaban J connectivity index is 1.25. The molecule has 2 bridgehead atoms. The molecular formula is C24H25AsN2O4S. The van der Waals surface area contributed by atoms with Gasteiger partial charge < -0.3 is 0 Å². The van der Waals surface area contributed by atoms with Gasteiger partial charge in [0.1, 0.15) is 0 Å². The zero-order valence-electron chi connectivity index (χ0n) is 17.5. The van der Waals surface area contributed by atoms with Crippen molar-refractivity contribution in [3.63, 3.8) is 0 Å². The van der Waals surface area contributed by atoms with E-state index in [1.807, 2.05) is 30.3 Å². The Morgan fingerprint density at radius 2 is 1.69 bits per heavy atom. The number of rotatable bonds is 6. The van der Waals surface area contributed by atoms with Crippen molar-refractivity contribution in [2.75, 3.05) is 19.6 Å². The predicted octanol–water partition coefficient (Wildman–Crippen LogP) is 2.22. The van der Waals surface area contributed by atoms with Crippen molar-refractivity contribution in [1.29, 1.82) is 0 Å². The second-order valence-electron chi connectivity index (χ2n) is 8.38. The summed E-state index contributed by atoms with van der Waals surface area (Å²) >= 11 is -1.38. The summed E-state index contributed by atoms with van der Waals surface area (Å²) in [7, 11) is -3.27. The van der Waals surface area contributed by atoms with Gasteiger partial charge in [0.15, 0.2) is 0 Å². The van der Waals surface area contributed by atoms with Crippen molar-refractivity contribution in [3.8, 4) is 11.3 Å². The van der Waals surface area contributed by atoms with Gasteiger partial charge >= 0.3 is 181 Å². The third-order valence-corrected chi connectivity index (χ3v) is 13.0. The molecule has 8 heteroatoms. The average molecular weight is 512 g/mol. The minimum atomic E-state index is -3.27. The van der Waals surface area contributed by atoms with E-state index >= 15 is 0 Å². The average Bonchev–Trinajstić information content (AvgIpc) is 3.31. The molecule has 0 spiro atoms. The second-order valence-corrected chi connectivity index (χ2v) is 15.9. The van der Waals surface area contributed by atoms with Gasteiger partial charge in [-0.1, -0.05) is 0 Å². The van der Waals surface area contributed by atoms with Crippen LogP contribution in [0.4, 0.5) is 0 Å². The number of carbonyl (C=O) groups is 1. The number of benzene rings is 2. The first-order chi connectivity index (χ1) is 15.5. The summed E-state index contributed by atoms with van der Waals surface area (Å²) in [6.45, 7) is 3.18. The van der Waals surface area contributed by atoms with Crippen molar-refractivity contribution in [3.05, 3.63) is 72.5 Å². The van der Waals surface area contributed by atoms with Crippen LogP contribution in [0.3, 0.4) is 0 Å². The number of furan rings is 1. The third-order valence-electron chi connectivity index (χ3n) is 6.28. The first-order valence-corrected chi connectivity index (χ1v) is 15.9. The molecular weight excluding hydrogens is 487 g/mol. The topological polar surface area (TPSA) is 79.6 Å². The Labute approximate surface area is 193 Å². The van der Waals surface area contributed by atoms with Crippen molar-refractivity contribution in [1.82, 2.24) is 10.2 Å². The van der Waals surface area contributed by atoms with Gasteiger partial charge in [-0.25, -0.2) is 0 Å². The standard InChI is InChI=1S/C24H25AsN2O4S/c28-24(26-21-16-27-14-12-17(21)13-15-27)23-11-10-22(31-23)18-6-8-19(9-7-18)25-32(29,30)20-4-2-1-3-5-20/h1-11,17,21,25H,12-16H2,(H,26,28)/t21-/m0/s1. The van der Waals surface area contributed by atoms with E-state index in [0.717, 1.165) is 42.4 Å². The van der Waals surface area contributed by atoms with Crippen molar-refractivity contribution in [2.24, 2.45) is 5.92 Å². The molecule has 1 aromatic heterocycles. The first-order valence-electron chi connectivity index (χ1n) is 10.8. The maximum absolute atomic E-state index is 12.7. The van der Waals surface area contributed by atoms with Crippen LogP contribution >= 0.6 is 0 Å². The first kappa shape index (κ1) is 21.5. The molecule has 4 heterocycles. The summed E-state index contributed by atoms with van der Waals surface area (Å²) in [6.07, 6.45) is 2.29. The fourth-order valence-corrected chi connectivity index (χ4v) is 10.3. The molecule has 166 valence electrons. The number of fused-ring (bicyclic) bond motifs is 3. The van der Waals surface area contributed by atoms with Gasteiger partial charge in [0.05, 0.1) is 0 Å². The van der Waals surface area contributed by atoms with Crippen LogP contribution in [0, 0.1) is 5.92 Å². The number of nitrogens with zero attached hydrogens (tertiary/aromatic N) is 1. The number of carbonyl (C=O) groups excluding carboxylic acids is 1. The number of hydrogen-bond acceptors (Lipinski definition) is 5.